The lowest BCUT2D eigenvalue weighted by molar-refractivity contribution is 0.546. The number of hydrogen-bond acceptors (Lipinski definition) is 3. The molecule has 0 aliphatic carbocycles. The van der Waals surface area contributed by atoms with Gasteiger partial charge in [-0.05, 0) is 23.0 Å². The molecule has 0 aliphatic rings. The molecule has 0 aromatic heterocycles. The largest absolute Gasteiger partial charge is 0.323 e. The quantitative estimate of drug-likeness (QED) is 0.757. The predicted molar refractivity (Wildman–Crippen MR) is 96.0 cm³/mol. The Bertz CT molecular complexity index is 530. The highest BCUT2D eigenvalue weighted by Gasteiger charge is 2.16. The van der Waals surface area contributed by atoms with Crippen LogP contribution in [0.1, 0.15) is 57.2 Å². The van der Waals surface area contributed by atoms with Crippen LogP contribution in [0, 0.1) is 5.92 Å². The molecule has 4 nitrogen and oxygen atoms in total. The molecule has 0 bridgehead atoms. The second-order valence-electron chi connectivity index (χ2n) is 6.07. The van der Waals surface area contributed by atoms with Crippen molar-refractivity contribution in [2.24, 2.45) is 11.7 Å². The number of sulfonamides is 1. The zero-order valence-corrected chi connectivity index (χ0v) is 15.5. The molecule has 0 spiro atoms. The Morgan fingerprint density at radius 2 is 1.59 bits per heavy atom. The first-order valence-corrected chi connectivity index (χ1v) is 9.23. The molecule has 1 rings (SSSR count). The highest BCUT2D eigenvalue weighted by Crippen LogP contribution is 2.17. The van der Waals surface area contributed by atoms with E-state index in [2.05, 4.69) is 18.6 Å². The molecule has 0 aliphatic heterocycles. The van der Waals surface area contributed by atoms with Gasteiger partial charge in [0, 0.05) is 12.6 Å². The minimum absolute atomic E-state index is 0. The lowest BCUT2D eigenvalue weighted by Crippen LogP contribution is -2.34. The van der Waals surface area contributed by atoms with Crippen molar-refractivity contribution in [1.82, 2.24) is 4.72 Å². The van der Waals surface area contributed by atoms with Gasteiger partial charge in [0.05, 0.1) is 5.75 Å². The van der Waals surface area contributed by atoms with Crippen molar-refractivity contribution < 1.29 is 8.42 Å². The van der Waals surface area contributed by atoms with Crippen molar-refractivity contribution >= 4 is 22.4 Å². The molecule has 0 fully saturated rings. The van der Waals surface area contributed by atoms with E-state index >= 15 is 0 Å². The summed E-state index contributed by atoms with van der Waals surface area (Å²) in [7, 11) is -3.25. The fourth-order valence-corrected chi connectivity index (χ4v) is 3.55. The van der Waals surface area contributed by atoms with Crippen molar-refractivity contribution in [3.05, 3.63) is 35.4 Å². The van der Waals surface area contributed by atoms with E-state index < -0.39 is 10.0 Å². The summed E-state index contributed by atoms with van der Waals surface area (Å²) in [5.74, 6) is 0.788. The Hall–Kier alpha value is -0.620. The first kappa shape index (κ1) is 21.4. The van der Waals surface area contributed by atoms with Crippen molar-refractivity contribution in [1.29, 1.82) is 0 Å². The number of nitrogens with one attached hydrogen (secondary N) is 1. The molecule has 6 heteroatoms. The number of benzene rings is 1. The monoisotopic (exact) mass is 348 g/mol. The van der Waals surface area contributed by atoms with Crippen LogP contribution in [0.15, 0.2) is 24.3 Å². The second-order valence-corrected chi connectivity index (χ2v) is 7.92. The molecule has 3 N–H and O–H groups in total. The van der Waals surface area contributed by atoms with Gasteiger partial charge in [0.15, 0.2) is 0 Å². The van der Waals surface area contributed by atoms with Crippen molar-refractivity contribution in [3.63, 3.8) is 0 Å². The van der Waals surface area contributed by atoms with E-state index in [1.54, 1.807) is 0 Å². The molecule has 0 saturated heterocycles. The van der Waals surface area contributed by atoms with Crippen LogP contribution in [0.5, 0.6) is 0 Å². The van der Waals surface area contributed by atoms with E-state index in [-0.39, 0.29) is 36.7 Å². The van der Waals surface area contributed by atoms with Gasteiger partial charge < -0.3 is 5.73 Å². The summed E-state index contributed by atoms with van der Waals surface area (Å²) in [6.45, 7) is 8.43. The maximum Gasteiger partial charge on any atom is 0.211 e. The molecule has 0 amide bonds. The van der Waals surface area contributed by atoms with E-state index in [0.29, 0.717) is 5.92 Å². The highest BCUT2D eigenvalue weighted by molar-refractivity contribution is 7.89. The molecule has 1 aromatic rings. The van der Waals surface area contributed by atoms with Gasteiger partial charge in [0.2, 0.25) is 10.0 Å². The third kappa shape index (κ3) is 7.09. The van der Waals surface area contributed by atoms with Crippen LogP contribution >= 0.6 is 12.4 Å². The highest BCUT2D eigenvalue weighted by atomic mass is 35.5. The summed E-state index contributed by atoms with van der Waals surface area (Å²) < 4.78 is 26.4. The Balaban J connectivity index is 0.00000441. The van der Waals surface area contributed by atoms with Gasteiger partial charge in [-0.2, -0.15) is 0 Å². The molecular weight excluding hydrogens is 320 g/mol. The van der Waals surface area contributed by atoms with Crippen LogP contribution in [0.4, 0.5) is 0 Å². The standard InChI is InChI=1S/C16H28N2O2S.ClH/c1-5-13(4)11-21(19,20)18-10-16(17)15-8-6-14(7-9-15)12(2)3;/h6-9,12-13,16,18H,5,10-11,17H2,1-4H3;1H. The van der Waals surface area contributed by atoms with Crippen LogP contribution < -0.4 is 10.5 Å². The first-order valence-electron chi connectivity index (χ1n) is 7.58. The average molecular weight is 349 g/mol. The second kappa shape index (κ2) is 9.50. The van der Waals surface area contributed by atoms with E-state index in [9.17, 15) is 8.42 Å². The SMILES string of the molecule is CCC(C)CS(=O)(=O)NCC(N)c1ccc(C(C)C)cc1.Cl. The van der Waals surface area contributed by atoms with Crippen LogP contribution in [-0.4, -0.2) is 20.7 Å². The van der Waals surface area contributed by atoms with Gasteiger partial charge in [-0.1, -0.05) is 58.4 Å². The molecule has 0 saturated carbocycles. The molecule has 22 heavy (non-hydrogen) atoms. The number of rotatable bonds is 8. The lowest BCUT2D eigenvalue weighted by Gasteiger charge is -2.16. The average Bonchev–Trinajstić information content (AvgIpc) is 2.44. The van der Waals surface area contributed by atoms with E-state index in [1.165, 1.54) is 5.56 Å². The molecule has 0 radical (unpaired) electrons. The Kier molecular flexibility index (Phi) is 9.24. The summed E-state index contributed by atoms with van der Waals surface area (Å²) in [5.41, 5.74) is 8.27. The molecule has 128 valence electrons. The topological polar surface area (TPSA) is 72.2 Å². The summed E-state index contributed by atoms with van der Waals surface area (Å²) >= 11 is 0. The van der Waals surface area contributed by atoms with Crippen LogP contribution in [0.2, 0.25) is 0 Å². The maximum atomic E-state index is 11.9. The predicted octanol–water partition coefficient (Wildman–Crippen LogP) is 3.20. The summed E-state index contributed by atoms with van der Waals surface area (Å²) in [4.78, 5) is 0. The van der Waals surface area contributed by atoms with Gasteiger partial charge in [0.25, 0.3) is 0 Å². The van der Waals surface area contributed by atoms with Crippen molar-refractivity contribution in [2.45, 2.75) is 46.1 Å². The zero-order valence-electron chi connectivity index (χ0n) is 13.9. The maximum absolute atomic E-state index is 11.9. The van der Waals surface area contributed by atoms with Gasteiger partial charge >= 0.3 is 0 Å². The van der Waals surface area contributed by atoms with Gasteiger partial charge in [-0.3, -0.25) is 0 Å². The molecule has 2 unspecified atom stereocenters. The van der Waals surface area contributed by atoms with Gasteiger partial charge in [-0.15, -0.1) is 12.4 Å². The van der Waals surface area contributed by atoms with Gasteiger partial charge in [-0.25, -0.2) is 13.1 Å². The summed E-state index contributed by atoms with van der Waals surface area (Å²) in [5, 5.41) is 0. The molecule has 0 heterocycles. The Morgan fingerprint density at radius 1 is 1.09 bits per heavy atom. The minimum atomic E-state index is -3.25. The number of halogens is 1. The third-order valence-corrected chi connectivity index (χ3v) is 5.37. The Morgan fingerprint density at radius 3 is 2.05 bits per heavy atom. The molecule has 1 aromatic carbocycles. The minimum Gasteiger partial charge on any atom is -0.323 e. The van der Waals surface area contributed by atoms with Crippen molar-refractivity contribution in [3.8, 4) is 0 Å². The van der Waals surface area contributed by atoms with Crippen LogP contribution in [-0.2, 0) is 10.0 Å². The van der Waals surface area contributed by atoms with Crippen LogP contribution in [0.25, 0.3) is 0 Å². The normalized spacial score (nSPS) is 14.5. The smallest absolute Gasteiger partial charge is 0.211 e. The molecule has 2 atom stereocenters. The summed E-state index contributed by atoms with van der Waals surface area (Å²) in [6, 6.07) is 7.73. The number of nitrogens with two attached hydrogens (primary N) is 1. The first-order chi connectivity index (χ1) is 9.75. The van der Waals surface area contributed by atoms with Gasteiger partial charge in [0.1, 0.15) is 0 Å². The van der Waals surface area contributed by atoms with E-state index in [0.717, 1.165) is 12.0 Å². The van der Waals surface area contributed by atoms with E-state index in [4.69, 9.17) is 5.73 Å². The van der Waals surface area contributed by atoms with Crippen LogP contribution in [0.3, 0.4) is 0 Å². The van der Waals surface area contributed by atoms with E-state index in [1.807, 2.05) is 38.1 Å². The third-order valence-electron chi connectivity index (χ3n) is 3.76. The fraction of sp³-hybridized carbons (Fsp3) is 0.625. The summed E-state index contributed by atoms with van der Waals surface area (Å²) in [6.07, 6.45) is 0.851. The number of hydrogen-bond donors (Lipinski definition) is 2. The fourth-order valence-electron chi connectivity index (χ4n) is 2.01. The Labute approximate surface area is 141 Å². The molecular formula is C16H29ClN2O2S. The lowest BCUT2D eigenvalue weighted by atomic mass is 9.99. The zero-order chi connectivity index (χ0) is 16.0. The van der Waals surface area contributed by atoms with Crippen molar-refractivity contribution in [2.75, 3.05) is 12.3 Å².